The first-order chi connectivity index (χ1) is 7.70. The van der Waals surface area contributed by atoms with Crippen LogP contribution >= 0.6 is 0 Å². The van der Waals surface area contributed by atoms with Crippen molar-refractivity contribution < 1.29 is 0 Å². The molecule has 16 heavy (non-hydrogen) atoms. The van der Waals surface area contributed by atoms with Gasteiger partial charge in [-0.2, -0.15) is 5.10 Å². The van der Waals surface area contributed by atoms with Crippen molar-refractivity contribution in [1.82, 2.24) is 9.78 Å². The van der Waals surface area contributed by atoms with E-state index in [2.05, 4.69) is 43.2 Å². The molecule has 84 valence electrons. The Balaban J connectivity index is 2.24. The van der Waals surface area contributed by atoms with E-state index in [-0.39, 0.29) is 0 Å². The van der Waals surface area contributed by atoms with Crippen LogP contribution in [0.1, 0.15) is 22.4 Å². The number of hydrogen-bond donors (Lipinski definition) is 1. The first-order valence-electron chi connectivity index (χ1n) is 5.47. The molecule has 0 saturated heterocycles. The average molecular weight is 215 g/mol. The fraction of sp³-hybridized carbons (Fsp3) is 0.308. The molecule has 0 amide bonds. The minimum atomic E-state index is 0.555. The highest BCUT2D eigenvalue weighted by molar-refractivity contribution is 5.24. The SMILES string of the molecule is Cc1cccc(Cn2ncc(CN)c2C)c1. The van der Waals surface area contributed by atoms with Crippen molar-refractivity contribution in [3.63, 3.8) is 0 Å². The van der Waals surface area contributed by atoms with Gasteiger partial charge in [0, 0.05) is 17.8 Å². The molecule has 0 aliphatic heterocycles. The molecule has 1 heterocycles. The molecule has 1 aromatic carbocycles. The van der Waals surface area contributed by atoms with E-state index in [0.29, 0.717) is 6.54 Å². The van der Waals surface area contributed by atoms with Gasteiger partial charge in [0.25, 0.3) is 0 Å². The van der Waals surface area contributed by atoms with Gasteiger partial charge in [0.1, 0.15) is 0 Å². The van der Waals surface area contributed by atoms with Crippen LogP contribution in [0.25, 0.3) is 0 Å². The third-order valence-corrected chi connectivity index (χ3v) is 2.84. The summed E-state index contributed by atoms with van der Waals surface area (Å²) >= 11 is 0. The van der Waals surface area contributed by atoms with Gasteiger partial charge in [0.15, 0.2) is 0 Å². The Morgan fingerprint density at radius 1 is 1.31 bits per heavy atom. The lowest BCUT2D eigenvalue weighted by Crippen LogP contribution is -2.05. The minimum Gasteiger partial charge on any atom is -0.326 e. The zero-order valence-electron chi connectivity index (χ0n) is 9.77. The summed E-state index contributed by atoms with van der Waals surface area (Å²) in [6, 6.07) is 8.48. The zero-order chi connectivity index (χ0) is 11.5. The van der Waals surface area contributed by atoms with E-state index in [1.165, 1.54) is 11.1 Å². The molecule has 2 aromatic rings. The van der Waals surface area contributed by atoms with Crippen LogP contribution in [0.4, 0.5) is 0 Å². The monoisotopic (exact) mass is 215 g/mol. The number of benzene rings is 1. The van der Waals surface area contributed by atoms with Gasteiger partial charge in [-0.15, -0.1) is 0 Å². The molecule has 0 saturated carbocycles. The lowest BCUT2D eigenvalue weighted by molar-refractivity contribution is 0.663. The van der Waals surface area contributed by atoms with E-state index in [0.717, 1.165) is 17.8 Å². The van der Waals surface area contributed by atoms with E-state index >= 15 is 0 Å². The highest BCUT2D eigenvalue weighted by Crippen LogP contribution is 2.10. The molecular formula is C13H17N3. The van der Waals surface area contributed by atoms with Crippen LogP contribution in [0.5, 0.6) is 0 Å². The number of rotatable bonds is 3. The van der Waals surface area contributed by atoms with Gasteiger partial charge >= 0.3 is 0 Å². The first-order valence-corrected chi connectivity index (χ1v) is 5.47. The second-order valence-electron chi connectivity index (χ2n) is 4.11. The molecule has 1 aromatic heterocycles. The summed E-state index contributed by atoms with van der Waals surface area (Å²) < 4.78 is 2.00. The van der Waals surface area contributed by atoms with Crippen LogP contribution in [0, 0.1) is 13.8 Å². The average Bonchev–Trinajstić information content (AvgIpc) is 2.60. The summed E-state index contributed by atoms with van der Waals surface area (Å²) in [5.74, 6) is 0. The Morgan fingerprint density at radius 2 is 2.12 bits per heavy atom. The molecular weight excluding hydrogens is 198 g/mol. The van der Waals surface area contributed by atoms with E-state index in [1.54, 1.807) is 0 Å². The Hall–Kier alpha value is -1.61. The number of aromatic nitrogens is 2. The van der Waals surface area contributed by atoms with Crippen molar-refractivity contribution in [3.8, 4) is 0 Å². The van der Waals surface area contributed by atoms with Gasteiger partial charge in [-0.05, 0) is 19.4 Å². The van der Waals surface area contributed by atoms with Crippen LogP contribution < -0.4 is 5.73 Å². The molecule has 2 rings (SSSR count). The summed E-state index contributed by atoms with van der Waals surface area (Å²) in [4.78, 5) is 0. The van der Waals surface area contributed by atoms with E-state index in [1.807, 2.05) is 10.9 Å². The van der Waals surface area contributed by atoms with Gasteiger partial charge < -0.3 is 5.73 Å². The topological polar surface area (TPSA) is 43.8 Å². The van der Waals surface area contributed by atoms with Gasteiger partial charge in [-0.3, -0.25) is 4.68 Å². The van der Waals surface area contributed by atoms with E-state index < -0.39 is 0 Å². The highest BCUT2D eigenvalue weighted by atomic mass is 15.3. The van der Waals surface area contributed by atoms with Crippen molar-refractivity contribution in [2.24, 2.45) is 5.73 Å². The number of nitrogens with zero attached hydrogens (tertiary/aromatic N) is 2. The van der Waals surface area contributed by atoms with Crippen molar-refractivity contribution >= 4 is 0 Å². The fourth-order valence-electron chi connectivity index (χ4n) is 1.83. The van der Waals surface area contributed by atoms with Crippen molar-refractivity contribution in [2.75, 3.05) is 0 Å². The third-order valence-electron chi connectivity index (χ3n) is 2.84. The quantitative estimate of drug-likeness (QED) is 0.851. The van der Waals surface area contributed by atoms with Crippen LogP contribution in [-0.2, 0) is 13.1 Å². The molecule has 3 heteroatoms. The highest BCUT2D eigenvalue weighted by Gasteiger charge is 2.04. The summed E-state index contributed by atoms with van der Waals surface area (Å²) in [6.45, 7) is 5.53. The summed E-state index contributed by atoms with van der Waals surface area (Å²) in [7, 11) is 0. The van der Waals surface area contributed by atoms with Crippen LogP contribution in [0.3, 0.4) is 0 Å². The lowest BCUT2D eigenvalue weighted by Gasteiger charge is -2.06. The van der Waals surface area contributed by atoms with Crippen LogP contribution in [0.15, 0.2) is 30.5 Å². The van der Waals surface area contributed by atoms with Crippen LogP contribution in [0.2, 0.25) is 0 Å². The molecule has 0 bridgehead atoms. The molecule has 0 atom stereocenters. The second-order valence-corrected chi connectivity index (χ2v) is 4.11. The summed E-state index contributed by atoms with van der Waals surface area (Å²) in [6.07, 6.45) is 1.85. The predicted octanol–water partition coefficient (Wildman–Crippen LogP) is 2.01. The normalized spacial score (nSPS) is 10.7. The molecule has 0 radical (unpaired) electrons. The van der Waals surface area contributed by atoms with Gasteiger partial charge in [0.2, 0.25) is 0 Å². The van der Waals surface area contributed by atoms with Crippen molar-refractivity contribution in [2.45, 2.75) is 26.9 Å². The Kier molecular flexibility index (Phi) is 3.06. The molecule has 0 aliphatic rings. The smallest absolute Gasteiger partial charge is 0.0662 e. The Morgan fingerprint density at radius 3 is 2.75 bits per heavy atom. The standard InChI is InChI=1S/C13H17N3/c1-10-4-3-5-12(6-10)9-16-11(2)13(7-14)8-15-16/h3-6,8H,7,9,14H2,1-2H3. The maximum absolute atomic E-state index is 5.63. The summed E-state index contributed by atoms with van der Waals surface area (Å²) in [5, 5.41) is 4.35. The number of hydrogen-bond acceptors (Lipinski definition) is 2. The summed E-state index contributed by atoms with van der Waals surface area (Å²) in [5.41, 5.74) is 10.5. The molecule has 0 unspecified atom stereocenters. The first kappa shape index (κ1) is 10.9. The lowest BCUT2D eigenvalue weighted by atomic mass is 10.1. The largest absolute Gasteiger partial charge is 0.326 e. The second kappa shape index (κ2) is 4.49. The van der Waals surface area contributed by atoms with Crippen molar-refractivity contribution in [1.29, 1.82) is 0 Å². The zero-order valence-corrected chi connectivity index (χ0v) is 9.77. The molecule has 0 aliphatic carbocycles. The maximum atomic E-state index is 5.63. The Labute approximate surface area is 95.9 Å². The molecule has 3 nitrogen and oxygen atoms in total. The number of nitrogens with two attached hydrogens (primary N) is 1. The third kappa shape index (κ3) is 2.14. The molecule has 2 N–H and O–H groups in total. The van der Waals surface area contributed by atoms with Gasteiger partial charge in [0.05, 0.1) is 12.7 Å². The van der Waals surface area contributed by atoms with E-state index in [9.17, 15) is 0 Å². The van der Waals surface area contributed by atoms with E-state index in [4.69, 9.17) is 5.73 Å². The Bertz CT molecular complexity index is 486. The predicted molar refractivity (Wildman–Crippen MR) is 65.1 cm³/mol. The van der Waals surface area contributed by atoms with Gasteiger partial charge in [-0.1, -0.05) is 29.8 Å². The fourth-order valence-corrected chi connectivity index (χ4v) is 1.83. The molecule has 0 spiro atoms. The number of aryl methyl sites for hydroxylation is 1. The van der Waals surface area contributed by atoms with Crippen LogP contribution in [-0.4, -0.2) is 9.78 Å². The van der Waals surface area contributed by atoms with Gasteiger partial charge in [-0.25, -0.2) is 0 Å². The maximum Gasteiger partial charge on any atom is 0.0662 e. The minimum absolute atomic E-state index is 0.555. The van der Waals surface area contributed by atoms with Crippen molar-refractivity contribution in [3.05, 3.63) is 52.8 Å². The molecule has 0 fully saturated rings.